The highest BCUT2D eigenvalue weighted by atomic mass is 19.4. The predicted octanol–water partition coefficient (Wildman–Crippen LogP) is 6.27. The summed E-state index contributed by atoms with van der Waals surface area (Å²) < 4.78 is 55.0. The molecular weight excluding hydrogens is 405 g/mol. The number of fused-ring (bicyclic) bond motifs is 1. The molecule has 7 heteroatoms. The van der Waals surface area contributed by atoms with Crippen LogP contribution in [0.5, 0.6) is 11.5 Å². The van der Waals surface area contributed by atoms with Crippen molar-refractivity contribution in [1.82, 2.24) is 0 Å². The minimum atomic E-state index is -4.86. The Kier molecular flexibility index (Phi) is 5.13. The summed E-state index contributed by atoms with van der Waals surface area (Å²) in [6, 6.07) is 17.1. The molecule has 4 nitrogen and oxygen atoms in total. The van der Waals surface area contributed by atoms with E-state index in [4.69, 9.17) is 9.47 Å². The average molecular weight is 426 g/mol. The Morgan fingerprint density at radius 2 is 1.42 bits per heavy atom. The molecule has 1 aliphatic rings. The number of aryl methyl sites for hydroxylation is 3. The van der Waals surface area contributed by atoms with Crippen molar-refractivity contribution < 1.29 is 22.6 Å². The molecule has 0 amide bonds. The largest absolute Gasteiger partial charge is 0.455 e. The molecule has 0 saturated heterocycles. The first kappa shape index (κ1) is 20.8. The molecule has 1 N–H and O–H groups in total. The van der Waals surface area contributed by atoms with E-state index >= 15 is 0 Å². The van der Waals surface area contributed by atoms with Crippen LogP contribution in [0.25, 0.3) is 0 Å². The van der Waals surface area contributed by atoms with Gasteiger partial charge in [0.2, 0.25) is 0 Å². The Morgan fingerprint density at radius 1 is 0.839 bits per heavy atom. The fourth-order valence-corrected chi connectivity index (χ4v) is 3.68. The maximum atomic E-state index is 14.6. The molecule has 0 bridgehead atoms. The molecule has 0 saturated carbocycles. The zero-order valence-corrected chi connectivity index (χ0v) is 17.2. The molecule has 31 heavy (non-hydrogen) atoms. The second-order valence-electron chi connectivity index (χ2n) is 7.47. The summed E-state index contributed by atoms with van der Waals surface area (Å²) in [5.41, 5.74) is 0.272. The summed E-state index contributed by atoms with van der Waals surface area (Å²) in [6.45, 7) is 5.70. The van der Waals surface area contributed by atoms with Gasteiger partial charge < -0.3 is 14.8 Å². The monoisotopic (exact) mass is 426 g/mol. The van der Waals surface area contributed by atoms with Gasteiger partial charge in [0.25, 0.3) is 6.02 Å². The summed E-state index contributed by atoms with van der Waals surface area (Å²) in [7, 11) is 0. The van der Waals surface area contributed by atoms with Crippen LogP contribution in [0.15, 0.2) is 71.7 Å². The number of alkyl halides is 3. The van der Waals surface area contributed by atoms with Gasteiger partial charge in [-0.3, -0.25) is 0 Å². The van der Waals surface area contributed by atoms with Crippen LogP contribution in [-0.4, -0.2) is 12.2 Å². The molecule has 1 heterocycles. The van der Waals surface area contributed by atoms with Crippen LogP contribution in [0, 0.1) is 20.8 Å². The number of halogens is 3. The van der Waals surface area contributed by atoms with E-state index in [1.165, 1.54) is 30.3 Å². The van der Waals surface area contributed by atoms with E-state index in [1.54, 1.807) is 24.3 Å². The van der Waals surface area contributed by atoms with Crippen molar-refractivity contribution in [3.05, 3.63) is 89.0 Å². The molecule has 3 aromatic carbocycles. The SMILES string of the molecule is Cc1cc(C)c(NC2=N[C@](c3ccccc3)(C(F)(F)F)Oc3ccccc3O2)c(C)c1. The zero-order chi connectivity index (χ0) is 22.2. The molecule has 160 valence electrons. The van der Waals surface area contributed by atoms with Crippen molar-refractivity contribution in [2.75, 3.05) is 5.32 Å². The number of hydrogen-bond acceptors (Lipinski definition) is 4. The Morgan fingerprint density at radius 3 is 2.03 bits per heavy atom. The third-order valence-corrected chi connectivity index (χ3v) is 5.03. The summed E-state index contributed by atoms with van der Waals surface area (Å²) in [6.07, 6.45) is -4.86. The molecule has 0 fully saturated rings. The van der Waals surface area contributed by atoms with Crippen LogP contribution < -0.4 is 14.8 Å². The summed E-state index contributed by atoms with van der Waals surface area (Å²) >= 11 is 0. The van der Waals surface area contributed by atoms with E-state index in [0.29, 0.717) is 5.69 Å². The van der Waals surface area contributed by atoms with Crippen molar-refractivity contribution in [3.63, 3.8) is 0 Å². The van der Waals surface area contributed by atoms with Gasteiger partial charge in [-0.25, -0.2) is 0 Å². The molecular formula is C24H21F3N2O2. The highest BCUT2D eigenvalue weighted by Gasteiger charge is 2.61. The van der Waals surface area contributed by atoms with E-state index < -0.39 is 11.9 Å². The highest BCUT2D eigenvalue weighted by Crippen LogP contribution is 2.47. The van der Waals surface area contributed by atoms with Gasteiger partial charge in [0, 0.05) is 11.3 Å². The molecule has 0 radical (unpaired) electrons. The highest BCUT2D eigenvalue weighted by molar-refractivity contribution is 5.93. The van der Waals surface area contributed by atoms with E-state index in [1.807, 2.05) is 32.9 Å². The molecule has 0 spiro atoms. The fourth-order valence-electron chi connectivity index (χ4n) is 3.68. The van der Waals surface area contributed by atoms with Crippen LogP contribution in [0.4, 0.5) is 18.9 Å². The Bertz CT molecular complexity index is 1120. The molecule has 1 atom stereocenters. The quantitative estimate of drug-likeness (QED) is 0.525. The lowest BCUT2D eigenvalue weighted by atomic mass is 10.0. The lowest BCUT2D eigenvalue weighted by Crippen LogP contribution is -2.46. The first-order valence-electron chi connectivity index (χ1n) is 9.72. The number of nitrogens with zero attached hydrogens (tertiary/aromatic N) is 1. The summed E-state index contributed by atoms with van der Waals surface area (Å²) in [4.78, 5) is 4.00. The van der Waals surface area contributed by atoms with Gasteiger partial charge in [-0.05, 0) is 44.0 Å². The predicted molar refractivity (Wildman–Crippen MR) is 114 cm³/mol. The standard InChI is InChI=1S/C24H21F3N2O2/c1-15-13-16(2)21(17(3)14-15)28-22-29-23(24(25,26)27,18-9-5-4-6-10-18)31-20-12-8-7-11-19(20)30-22/h4-14H,1-3H3,(H,28,29)/t23-/m0/s1. The lowest BCUT2D eigenvalue weighted by Gasteiger charge is -2.31. The van der Waals surface area contributed by atoms with E-state index in [0.717, 1.165) is 16.7 Å². The van der Waals surface area contributed by atoms with Crippen molar-refractivity contribution in [2.24, 2.45) is 4.99 Å². The number of amidine groups is 1. The van der Waals surface area contributed by atoms with Gasteiger partial charge in [-0.1, -0.05) is 60.2 Å². The van der Waals surface area contributed by atoms with Crippen molar-refractivity contribution in [2.45, 2.75) is 32.7 Å². The number of para-hydroxylation sites is 2. The van der Waals surface area contributed by atoms with E-state index in [9.17, 15) is 13.2 Å². The number of rotatable bonds is 2. The second-order valence-corrected chi connectivity index (χ2v) is 7.47. The topological polar surface area (TPSA) is 42.9 Å². The molecule has 3 aromatic rings. The molecule has 1 aliphatic heterocycles. The van der Waals surface area contributed by atoms with Crippen LogP contribution >= 0.6 is 0 Å². The molecule has 0 aromatic heterocycles. The van der Waals surface area contributed by atoms with Crippen LogP contribution in [-0.2, 0) is 5.72 Å². The smallest absolute Gasteiger partial charge is 0.449 e. The number of nitrogens with one attached hydrogen (secondary N) is 1. The van der Waals surface area contributed by atoms with Crippen LogP contribution in [0.1, 0.15) is 22.3 Å². The number of ether oxygens (including phenoxy) is 2. The van der Waals surface area contributed by atoms with Gasteiger partial charge in [-0.15, -0.1) is 0 Å². The van der Waals surface area contributed by atoms with Crippen molar-refractivity contribution in [1.29, 1.82) is 0 Å². The molecule has 0 unspecified atom stereocenters. The zero-order valence-electron chi connectivity index (χ0n) is 17.2. The van der Waals surface area contributed by atoms with Gasteiger partial charge in [-0.2, -0.15) is 18.2 Å². The van der Waals surface area contributed by atoms with Crippen LogP contribution in [0.2, 0.25) is 0 Å². The Balaban J connectivity index is 1.92. The normalized spacial score (nSPS) is 18.2. The first-order valence-corrected chi connectivity index (χ1v) is 9.72. The molecule has 4 rings (SSSR count). The number of anilines is 1. The maximum absolute atomic E-state index is 14.6. The van der Waals surface area contributed by atoms with Gasteiger partial charge >= 0.3 is 11.9 Å². The number of aliphatic imine (C=N–C) groups is 1. The number of hydrogen-bond donors (Lipinski definition) is 1. The van der Waals surface area contributed by atoms with E-state index in [-0.39, 0.29) is 23.1 Å². The molecule has 0 aliphatic carbocycles. The van der Waals surface area contributed by atoms with Gasteiger partial charge in [0.15, 0.2) is 11.5 Å². The lowest BCUT2D eigenvalue weighted by molar-refractivity contribution is -0.251. The third kappa shape index (κ3) is 3.83. The van der Waals surface area contributed by atoms with Crippen molar-refractivity contribution in [3.8, 4) is 11.5 Å². The first-order chi connectivity index (χ1) is 14.7. The third-order valence-electron chi connectivity index (χ3n) is 5.03. The van der Waals surface area contributed by atoms with E-state index in [2.05, 4.69) is 10.3 Å². The average Bonchev–Trinajstić information content (AvgIpc) is 2.88. The van der Waals surface area contributed by atoms with Crippen molar-refractivity contribution >= 4 is 11.7 Å². The van der Waals surface area contributed by atoms with Crippen LogP contribution in [0.3, 0.4) is 0 Å². The minimum absolute atomic E-state index is 0.0541. The van der Waals surface area contributed by atoms with Gasteiger partial charge in [0.1, 0.15) is 0 Å². The summed E-state index contributed by atoms with van der Waals surface area (Å²) in [5.74, 6) is 0.0831. The Labute approximate surface area is 178 Å². The summed E-state index contributed by atoms with van der Waals surface area (Å²) in [5, 5.41) is 2.97. The number of benzene rings is 3. The Hall–Kier alpha value is -3.48. The second kappa shape index (κ2) is 7.65. The maximum Gasteiger partial charge on any atom is 0.455 e. The fraction of sp³-hybridized carbons (Fsp3) is 0.208. The van der Waals surface area contributed by atoms with Gasteiger partial charge in [0.05, 0.1) is 0 Å². The minimum Gasteiger partial charge on any atom is -0.449 e.